The van der Waals surface area contributed by atoms with E-state index in [0.29, 0.717) is 11.4 Å². The molecular formula is C11H14N6O2S. The molecule has 0 aliphatic rings. The fraction of sp³-hybridized carbons (Fsp3) is 0.273. The summed E-state index contributed by atoms with van der Waals surface area (Å²) in [7, 11) is 1.80. The Balaban J connectivity index is 1.78. The van der Waals surface area contributed by atoms with Crippen molar-refractivity contribution >= 4 is 23.2 Å². The fourth-order valence-electron chi connectivity index (χ4n) is 1.46. The molecule has 0 atom stereocenters. The fourth-order valence-corrected chi connectivity index (χ4v) is 2.08. The number of amides is 2. The van der Waals surface area contributed by atoms with E-state index in [4.69, 9.17) is 0 Å². The predicted octanol–water partition coefficient (Wildman–Crippen LogP) is -0.480. The number of nitrogens with one attached hydrogen (secondary N) is 3. The topological polar surface area (TPSA) is 101 Å². The Hall–Kier alpha value is -2.26. The first kappa shape index (κ1) is 14.2. The molecule has 0 bridgehead atoms. The van der Waals surface area contributed by atoms with Gasteiger partial charge in [-0.2, -0.15) is 0 Å². The summed E-state index contributed by atoms with van der Waals surface area (Å²) >= 11 is 1.30. The summed E-state index contributed by atoms with van der Waals surface area (Å²) in [4.78, 5) is 23.8. The van der Waals surface area contributed by atoms with Crippen molar-refractivity contribution in [1.29, 1.82) is 0 Å². The van der Waals surface area contributed by atoms with E-state index < -0.39 is 0 Å². The summed E-state index contributed by atoms with van der Waals surface area (Å²) in [6.45, 7) is 0.568. The van der Waals surface area contributed by atoms with Gasteiger partial charge >= 0.3 is 0 Å². The first-order valence-electron chi connectivity index (χ1n) is 5.85. The van der Waals surface area contributed by atoms with Crippen LogP contribution in [0.2, 0.25) is 0 Å². The van der Waals surface area contributed by atoms with E-state index in [9.17, 15) is 9.59 Å². The Morgan fingerprint density at radius 3 is 2.95 bits per heavy atom. The number of thiophene rings is 1. The lowest BCUT2D eigenvalue weighted by molar-refractivity contribution is -0.122. The molecule has 3 N–H and O–H groups in total. The van der Waals surface area contributed by atoms with Crippen LogP contribution in [-0.2, 0) is 17.9 Å². The quantitative estimate of drug-likeness (QED) is 0.647. The van der Waals surface area contributed by atoms with Crippen LogP contribution < -0.4 is 16.2 Å². The van der Waals surface area contributed by atoms with Crippen LogP contribution in [-0.4, -0.2) is 33.9 Å². The van der Waals surface area contributed by atoms with Gasteiger partial charge < -0.3 is 5.32 Å². The molecule has 9 heteroatoms. The van der Waals surface area contributed by atoms with Crippen molar-refractivity contribution in [2.75, 3.05) is 7.05 Å². The number of hydrazine groups is 1. The van der Waals surface area contributed by atoms with Gasteiger partial charge in [0.2, 0.25) is 0 Å². The Labute approximate surface area is 119 Å². The Kier molecular flexibility index (Phi) is 4.80. The van der Waals surface area contributed by atoms with E-state index in [1.165, 1.54) is 16.0 Å². The van der Waals surface area contributed by atoms with Crippen LogP contribution in [0, 0.1) is 0 Å². The van der Waals surface area contributed by atoms with Crippen molar-refractivity contribution in [3.05, 3.63) is 34.3 Å². The van der Waals surface area contributed by atoms with Crippen LogP contribution in [0.3, 0.4) is 0 Å². The predicted molar refractivity (Wildman–Crippen MR) is 72.7 cm³/mol. The van der Waals surface area contributed by atoms with Crippen molar-refractivity contribution < 1.29 is 9.59 Å². The van der Waals surface area contributed by atoms with Gasteiger partial charge in [0.15, 0.2) is 0 Å². The van der Waals surface area contributed by atoms with E-state index in [2.05, 4.69) is 26.5 Å². The molecule has 2 rings (SSSR count). The van der Waals surface area contributed by atoms with E-state index in [1.807, 2.05) is 0 Å². The smallest absolute Gasteiger partial charge is 0.279 e. The molecule has 2 aromatic rings. The average Bonchev–Trinajstić information content (AvgIpc) is 3.08. The minimum absolute atomic E-state index is 0.0125. The highest BCUT2D eigenvalue weighted by Crippen LogP contribution is 2.06. The lowest BCUT2D eigenvalue weighted by atomic mass is 10.4. The van der Waals surface area contributed by atoms with Gasteiger partial charge in [0.25, 0.3) is 11.8 Å². The van der Waals surface area contributed by atoms with Crippen molar-refractivity contribution in [3.8, 4) is 0 Å². The minimum Gasteiger partial charge on any atom is -0.314 e. The third-order valence-electron chi connectivity index (χ3n) is 2.31. The molecule has 8 nitrogen and oxygen atoms in total. The molecule has 0 saturated heterocycles. The van der Waals surface area contributed by atoms with Crippen LogP contribution in [0.25, 0.3) is 0 Å². The minimum atomic E-state index is -0.379. The van der Waals surface area contributed by atoms with Gasteiger partial charge in [-0.25, -0.2) is 4.68 Å². The molecule has 20 heavy (non-hydrogen) atoms. The molecule has 0 aromatic carbocycles. The number of nitrogens with zero attached hydrogens (tertiary/aromatic N) is 3. The first-order chi connectivity index (χ1) is 9.69. The normalized spacial score (nSPS) is 10.2. The molecule has 2 amide bonds. The molecule has 0 aliphatic heterocycles. The second kappa shape index (κ2) is 6.78. The number of hydrogen-bond acceptors (Lipinski definition) is 6. The van der Waals surface area contributed by atoms with E-state index in [1.54, 1.807) is 30.8 Å². The summed E-state index contributed by atoms with van der Waals surface area (Å²) < 4.78 is 1.40. The third kappa shape index (κ3) is 3.87. The molecule has 0 unspecified atom stereocenters. The number of carbonyl (C=O) groups excluding carboxylic acids is 2. The second-order valence-corrected chi connectivity index (χ2v) is 4.87. The van der Waals surface area contributed by atoms with Crippen LogP contribution in [0.15, 0.2) is 23.7 Å². The molecular weight excluding hydrogens is 280 g/mol. The van der Waals surface area contributed by atoms with Gasteiger partial charge in [-0.3, -0.25) is 20.4 Å². The summed E-state index contributed by atoms with van der Waals surface area (Å²) in [5.41, 5.74) is 5.40. The summed E-state index contributed by atoms with van der Waals surface area (Å²) in [6.07, 6.45) is 1.66. The van der Waals surface area contributed by atoms with Gasteiger partial charge in [-0.05, 0) is 18.5 Å². The van der Waals surface area contributed by atoms with Gasteiger partial charge in [-0.15, -0.1) is 16.4 Å². The zero-order chi connectivity index (χ0) is 14.4. The van der Waals surface area contributed by atoms with Crippen molar-refractivity contribution in [2.45, 2.75) is 13.1 Å². The summed E-state index contributed by atoms with van der Waals surface area (Å²) in [6, 6.07) is 3.44. The molecule has 2 aromatic heterocycles. The highest BCUT2D eigenvalue weighted by molar-refractivity contribution is 7.12. The van der Waals surface area contributed by atoms with Crippen molar-refractivity contribution in [2.24, 2.45) is 0 Å². The molecule has 0 fully saturated rings. The standard InChI is InChI=1S/C11H14N6O2S/c1-12-5-8-6-17(16-13-8)7-10(18)14-15-11(19)9-3-2-4-20-9/h2-4,6,12H,5,7H2,1H3,(H,14,18)(H,15,19). The van der Waals surface area contributed by atoms with Crippen molar-refractivity contribution in [3.63, 3.8) is 0 Å². The molecule has 0 aliphatic carbocycles. The highest BCUT2D eigenvalue weighted by atomic mass is 32.1. The Morgan fingerprint density at radius 2 is 2.25 bits per heavy atom. The molecule has 106 valence electrons. The van der Waals surface area contributed by atoms with Crippen molar-refractivity contribution in [1.82, 2.24) is 31.2 Å². The Bertz CT molecular complexity index is 580. The molecule has 2 heterocycles. The van der Waals surface area contributed by atoms with Gasteiger partial charge in [0.1, 0.15) is 6.54 Å². The van der Waals surface area contributed by atoms with Gasteiger partial charge in [0.05, 0.1) is 16.8 Å². The number of hydrogen-bond donors (Lipinski definition) is 3. The lowest BCUT2D eigenvalue weighted by Crippen LogP contribution is -2.43. The summed E-state index contributed by atoms with van der Waals surface area (Å²) in [5, 5.41) is 12.4. The zero-order valence-corrected chi connectivity index (χ0v) is 11.6. The molecule has 0 radical (unpaired) electrons. The maximum atomic E-state index is 11.6. The number of rotatable bonds is 5. The first-order valence-corrected chi connectivity index (χ1v) is 6.73. The maximum Gasteiger partial charge on any atom is 0.279 e. The van der Waals surface area contributed by atoms with E-state index in [-0.39, 0.29) is 18.4 Å². The van der Waals surface area contributed by atoms with Crippen LogP contribution >= 0.6 is 11.3 Å². The molecule has 0 saturated carbocycles. The maximum absolute atomic E-state index is 11.6. The van der Waals surface area contributed by atoms with E-state index >= 15 is 0 Å². The number of carbonyl (C=O) groups is 2. The lowest BCUT2D eigenvalue weighted by Gasteiger charge is -2.05. The van der Waals surface area contributed by atoms with Crippen LogP contribution in [0.5, 0.6) is 0 Å². The Morgan fingerprint density at radius 1 is 1.40 bits per heavy atom. The second-order valence-electron chi connectivity index (χ2n) is 3.92. The number of aromatic nitrogens is 3. The van der Waals surface area contributed by atoms with E-state index in [0.717, 1.165) is 5.69 Å². The highest BCUT2D eigenvalue weighted by Gasteiger charge is 2.09. The van der Waals surface area contributed by atoms with Crippen LogP contribution in [0.4, 0.5) is 0 Å². The third-order valence-corrected chi connectivity index (χ3v) is 3.18. The monoisotopic (exact) mass is 294 g/mol. The summed E-state index contributed by atoms with van der Waals surface area (Å²) in [5.74, 6) is -0.723. The largest absolute Gasteiger partial charge is 0.314 e. The van der Waals surface area contributed by atoms with Crippen LogP contribution in [0.1, 0.15) is 15.4 Å². The van der Waals surface area contributed by atoms with Gasteiger partial charge in [0, 0.05) is 6.54 Å². The SMILES string of the molecule is CNCc1cn(CC(=O)NNC(=O)c2cccs2)nn1. The zero-order valence-electron chi connectivity index (χ0n) is 10.8. The average molecular weight is 294 g/mol. The molecule has 0 spiro atoms. The van der Waals surface area contributed by atoms with Gasteiger partial charge in [-0.1, -0.05) is 11.3 Å².